The number of rotatable bonds is 7. The maximum atomic E-state index is 13.1. The van der Waals surface area contributed by atoms with Crippen molar-refractivity contribution in [3.05, 3.63) is 109 Å². The van der Waals surface area contributed by atoms with Gasteiger partial charge in [0.1, 0.15) is 0 Å². The minimum absolute atomic E-state index is 0.0207. The second-order valence-corrected chi connectivity index (χ2v) is 14.9. The number of para-hydroxylation sites is 2. The second kappa shape index (κ2) is 18.8. The molecule has 3 fully saturated rings. The number of amides is 1. The van der Waals surface area contributed by atoms with E-state index in [1.165, 1.54) is 9.13 Å². The van der Waals surface area contributed by atoms with E-state index in [-0.39, 0.29) is 46.4 Å². The van der Waals surface area contributed by atoms with Gasteiger partial charge in [0.15, 0.2) is 0 Å². The number of carboxylic acid groups (broad SMARTS) is 1. The third-order valence-electron chi connectivity index (χ3n) is 11.5. The summed E-state index contributed by atoms with van der Waals surface area (Å²) in [5, 5.41) is 10.0. The molecule has 57 heavy (non-hydrogen) atoms. The molecule has 1 aliphatic heterocycles. The van der Waals surface area contributed by atoms with Gasteiger partial charge in [-0.1, -0.05) is 24.3 Å². The molecule has 4 heterocycles. The summed E-state index contributed by atoms with van der Waals surface area (Å²) < 4.78 is 18.1. The summed E-state index contributed by atoms with van der Waals surface area (Å²) in [5.74, 6) is 0.317. The van der Waals surface area contributed by atoms with E-state index in [2.05, 4.69) is 24.8 Å². The van der Waals surface area contributed by atoms with E-state index in [0.29, 0.717) is 66.8 Å². The standard InChI is InChI=1S/C24H28N6O3.C16H18N2O4.CH3F/c31-21(28-12-14-29(15-13-28)23-25-10-3-11-26-23)18-8-6-17(7-9-18)16-30-22(32)19-4-1-2-5-20(19)27-24(30)33;19-14-12-3-1-2-4-13(12)17-16(22)18(14)9-10-5-7-11(8-6-10)15(20)21;1-2/h1-5,10-11,17-18H,6-9,12-16H2,(H,27,33);1-4,10-11H,5-9H2,(H,17,22)(H,20,21);1H3/i;;1D. The first-order valence-electron chi connectivity index (χ1n) is 20.1. The fourth-order valence-electron chi connectivity index (χ4n) is 8.27. The van der Waals surface area contributed by atoms with Crippen molar-refractivity contribution in [2.24, 2.45) is 23.7 Å². The number of carboxylic acids is 1. The van der Waals surface area contributed by atoms with Crippen molar-refractivity contribution in [1.29, 1.82) is 0 Å². The Morgan fingerprint density at radius 2 is 1.14 bits per heavy atom. The van der Waals surface area contributed by atoms with Gasteiger partial charge in [-0.25, -0.2) is 19.6 Å². The Balaban J connectivity index is 0.000000196. The van der Waals surface area contributed by atoms with Crippen LogP contribution >= 0.6 is 0 Å². The lowest BCUT2D eigenvalue weighted by atomic mass is 9.81. The Morgan fingerprint density at radius 3 is 1.60 bits per heavy atom. The molecule has 3 aromatic heterocycles. The molecule has 5 aromatic rings. The normalized spacial score (nSPS) is 21.1. The predicted octanol–water partition coefficient (Wildman–Crippen LogP) is 3.80. The average molecular weight is 786 g/mol. The van der Waals surface area contributed by atoms with Crippen molar-refractivity contribution < 1.29 is 20.5 Å². The number of hydrogen-bond donors (Lipinski definition) is 3. The lowest BCUT2D eigenvalue weighted by Crippen LogP contribution is -2.51. The SMILES string of the molecule is O=C(C1CCC(Cn2c(=O)[nH]c3ccccc3c2=O)CC1)N1CCN(c2ncccn2)CC1.O=C(O)C1CCC(Cn2c(=O)[nH]c3ccccc3c2=O)CC1.[2H]CF. The molecule has 15 nitrogen and oxygen atoms in total. The first-order valence-corrected chi connectivity index (χ1v) is 19.4. The molecule has 1 amide bonds. The van der Waals surface area contributed by atoms with Gasteiger partial charge in [0.2, 0.25) is 11.9 Å². The van der Waals surface area contributed by atoms with Crippen LogP contribution in [0, 0.1) is 23.7 Å². The Labute approximate surface area is 328 Å². The van der Waals surface area contributed by atoms with E-state index < -0.39 is 18.8 Å². The van der Waals surface area contributed by atoms with Crippen molar-refractivity contribution >= 4 is 39.6 Å². The lowest BCUT2D eigenvalue weighted by molar-refractivity contribution is -0.143. The molecule has 0 bridgehead atoms. The molecule has 2 aliphatic carbocycles. The Kier molecular flexibility index (Phi) is 13.0. The summed E-state index contributed by atoms with van der Waals surface area (Å²) in [6.45, 7) is 3.58. The van der Waals surface area contributed by atoms with Crippen LogP contribution < -0.4 is 27.4 Å². The molecule has 1 saturated heterocycles. The number of aliphatic carboxylic acids is 1. The fraction of sp³-hybridized carbons (Fsp3) is 0.463. The topological polar surface area (TPSA) is 196 Å². The molecule has 0 atom stereocenters. The summed E-state index contributed by atoms with van der Waals surface area (Å²) in [6.07, 6.45) is 9.43. The fourth-order valence-corrected chi connectivity index (χ4v) is 8.27. The number of carbonyl (C=O) groups is 2. The molecule has 3 aliphatic rings. The third kappa shape index (κ3) is 9.55. The molecule has 16 heteroatoms. The zero-order valence-electron chi connectivity index (χ0n) is 32.7. The monoisotopic (exact) mass is 785 g/mol. The van der Waals surface area contributed by atoms with Crippen LogP contribution in [0.2, 0.25) is 0 Å². The number of alkyl halides is 1. The highest BCUT2D eigenvalue weighted by atomic mass is 19.1. The van der Waals surface area contributed by atoms with Gasteiger partial charge < -0.3 is 24.9 Å². The van der Waals surface area contributed by atoms with Gasteiger partial charge in [0, 0.05) is 57.6 Å². The number of nitrogens with zero attached hydrogens (tertiary/aromatic N) is 6. The number of piperazine rings is 1. The number of benzene rings is 2. The molecule has 302 valence electrons. The van der Waals surface area contributed by atoms with Crippen LogP contribution in [0.15, 0.2) is 86.2 Å². The van der Waals surface area contributed by atoms with Crippen molar-refractivity contribution in [2.45, 2.75) is 64.5 Å². The second-order valence-electron chi connectivity index (χ2n) is 14.9. The van der Waals surface area contributed by atoms with Gasteiger partial charge in [0.25, 0.3) is 11.1 Å². The zero-order chi connectivity index (χ0) is 41.2. The smallest absolute Gasteiger partial charge is 0.328 e. The number of hydrogen-bond acceptors (Lipinski definition) is 9. The van der Waals surface area contributed by atoms with Crippen LogP contribution in [0.1, 0.15) is 52.7 Å². The van der Waals surface area contributed by atoms with Crippen molar-refractivity contribution in [2.75, 3.05) is 38.2 Å². The van der Waals surface area contributed by atoms with E-state index in [4.69, 9.17) is 6.48 Å². The van der Waals surface area contributed by atoms with Gasteiger partial charge in [-0.15, -0.1) is 0 Å². The third-order valence-corrected chi connectivity index (χ3v) is 11.5. The highest BCUT2D eigenvalue weighted by molar-refractivity contribution is 5.79. The van der Waals surface area contributed by atoms with Crippen LogP contribution in [0.4, 0.5) is 10.3 Å². The van der Waals surface area contributed by atoms with E-state index in [9.17, 15) is 33.2 Å². The molecule has 2 aromatic carbocycles. The lowest BCUT2D eigenvalue weighted by Gasteiger charge is -2.37. The van der Waals surface area contributed by atoms with Crippen LogP contribution in [-0.2, 0) is 22.7 Å². The Bertz CT molecular complexity index is 2410. The zero-order valence-corrected chi connectivity index (χ0v) is 31.7. The molecule has 2 saturated carbocycles. The van der Waals surface area contributed by atoms with Crippen molar-refractivity contribution in [1.82, 2.24) is 34.0 Å². The molecule has 0 radical (unpaired) electrons. The molecule has 8 rings (SSSR count). The summed E-state index contributed by atoms with van der Waals surface area (Å²) in [4.78, 5) is 92.1. The number of H-pyrrole nitrogens is 2. The minimum Gasteiger partial charge on any atom is -0.481 e. The first-order chi connectivity index (χ1) is 28.1. The van der Waals surface area contributed by atoms with Crippen LogP contribution in [-0.4, -0.2) is 84.3 Å². The van der Waals surface area contributed by atoms with Crippen LogP contribution in [0.25, 0.3) is 21.8 Å². The van der Waals surface area contributed by atoms with Crippen molar-refractivity contribution in [3.63, 3.8) is 0 Å². The maximum absolute atomic E-state index is 13.1. The highest BCUT2D eigenvalue weighted by Crippen LogP contribution is 2.32. The van der Waals surface area contributed by atoms with Crippen molar-refractivity contribution in [3.8, 4) is 0 Å². The number of nitrogens with one attached hydrogen (secondary N) is 2. The molecule has 0 unspecified atom stereocenters. The van der Waals surface area contributed by atoms with E-state index in [1.54, 1.807) is 67.0 Å². The Morgan fingerprint density at radius 1 is 0.702 bits per heavy atom. The van der Waals surface area contributed by atoms with Gasteiger partial charge in [-0.3, -0.25) is 32.7 Å². The number of carbonyl (C=O) groups excluding carboxylic acids is 1. The first kappa shape index (κ1) is 39.3. The maximum Gasteiger partial charge on any atom is 0.328 e. The van der Waals surface area contributed by atoms with Gasteiger partial charge in [0.05, 0.1) is 36.2 Å². The predicted molar refractivity (Wildman–Crippen MR) is 214 cm³/mol. The molecule has 0 spiro atoms. The summed E-state index contributed by atoms with van der Waals surface area (Å²) in [7, 11) is -1.00. The quantitative estimate of drug-likeness (QED) is 0.218. The minimum atomic E-state index is -1.00. The highest BCUT2D eigenvalue weighted by Gasteiger charge is 2.32. The average Bonchev–Trinajstić information content (AvgIpc) is 3.25. The number of fused-ring (bicyclic) bond motifs is 2. The number of aromatic amines is 2. The van der Waals surface area contributed by atoms with Crippen LogP contribution in [0.3, 0.4) is 0 Å². The van der Waals surface area contributed by atoms with E-state index in [1.807, 2.05) is 4.90 Å². The van der Waals surface area contributed by atoms with E-state index in [0.717, 1.165) is 51.6 Å². The van der Waals surface area contributed by atoms with E-state index >= 15 is 0 Å². The van der Waals surface area contributed by atoms with Gasteiger partial charge in [-0.05, 0) is 93.5 Å². The summed E-state index contributed by atoms with van der Waals surface area (Å²) in [6, 6.07) is 15.8. The number of halogens is 1. The molecular formula is C41H49FN8O7. The van der Waals surface area contributed by atoms with Gasteiger partial charge in [-0.2, -0.15) is 0 Å². The largest absolute Gasteiger partial charge is 0.481 e. The molecule has 3 N–H and O–H groups in total. The van der Waals surface area contributed by atoms with Gasteiger partial charge >= 0.3 is 17.3 Å². The molecular weight excluding hydrogens is 735 g/mol. The number of aromatic nitrogens is 6. The number of anilines is 1. The summed E-state index contributed by atoms with van der Waals surface area (Å²) >= 11 is 0. The van der Waals surface area contributed by atoms with Crippen LogP contribution in [0.5, 0.6) is 0 Å². The summed E-state index contributed by atoms with van der Waals surface area (Å²) in [5.41, 5.74) is -0.172. The Hall–Kier alpha value is -5.93.